The molecule has 1 saturated heterocycles. The van der Waals surface area contributed by atoms with Crippen LogP contribution in [-0.2, 0) is 40.6 Å². The number of aromatic hydroxyl groups is 1. The van der Waals surface area contributed by atoms with Crippen molar-refractivity contribution in [2.24, 2.45) is 28.7 Å². The summed E-state index contributed by atoms with van der Waals surface area (Å²) in [6.07, 6.45) is 12.3. The highest BCUT2D eigenvalue weighted by Gasteiger charge is 2.68. The summed E-state index contributed by atoms with van der Waals surface area (Å²) >= 11 is 3.85. The third-order valence-electron chi connectivity index (χ3n) is 8.83. The van der Waals surface area contributed by atoms with Crippen LogP contribution in [0.3, 0.4) is 0 Å². The van der Waals surface area contributed by atoms with Gasteiger partial charge in [0.25, 0.3) is 0 Å². The number of carbonyl (C=O) groups excluding carboxylic acids is 3. The lowest BCUT2D eigenvalue weighted by Crippen LogP contribution is -2.70. The lowest BCUT2D eigenvalue weighted by atomic mass is 9.53. The zero-order valence-electron chi connectivity index (χ0n) is 25.5. The van der Waals surface area contributed by atoms with Crippen LogP contribution in [0.5, 0.6) is 5.75 Å². The molecule has 3 aliphatic rings. The van der Waals surface area contributed by atoms with Gasteiger partial charge >= 0.3 is 0 Å². The Labute approximate surface area is 268 Å². The van der Waals surface area contributed by atoms with Gasteiger partial charge in [-0.2, -0.15) is 0 Å². The van der Waals surface area contributed by atoms with E-state index < -0.39 is 28.4 Å². The summed E-state index contributed by atoms with van der Waals surface area (Å²) in [5, 5.41) is 17.9. The van der Waals surface area contributed by atoms with Gasteiger partial charge in [0.05, 0.1) is 19.8 Å². The number of rotatable bonds is 17. The molecule has 5 N–H and O–H groups in total. The summed E-state index contributed by atoms with van der Waals surface area (Å²) < 4.78 is 17.4. The van der Waals surface area contributed by atoms with Crippen molar-refractivity contribution in [3.8, 4) is 5.75 Å². The first-order valence-corrected chi connectivity index (χ1v) is 15.6. The van der Waals surface area contributed by atoms with E-state index in [0.29, 0.717) is 38.3 Å². The van der Waals surface area contributed by atoms with Crippen LogP contribution in [0.25, 0.3) is 0 Å². The molecular weight excluding hydrogens is 600 g/mol. The first-order valence-electron chi connectivity index (χ1n) is 15.1. The number of fused-ring (bicyclic) bond motifs is 4. The van der Waals surface area contributed by atoms with Crippen molar-refractivity contribution in [1.82, 2.24) is 10.6 Å². The van der Waals surface area contributed by atoms with E-state index in [1.165, 1.54) is 0 Å². The van der Waals surface area contributed by atoms with Gasteiger partial charge in [-0.1, -0.05) is 37.3 Å². The molecule has 12 nitrogen and oxygen atoms in total. The van der Waals surface area contributed by atoms with Crippen LogP contribution in [0.15, 0.2) is 59.5 Å². The van der Waals surface area contributed by atoms with E-state index >= 15 is 0 Å². The Morgan fingerprint density at radius 1 is 1.27 bits per heavy atom. The number of primary amides is 1. The second-order valence-electron chi connectivity index (χ2n) is 11.8. The predicted molar refractivity (Wildman–Crippen MR) is 170 cm³/mol. The Morgan fingerprint density at radius 3 is 2.76 bits per heavy atom. The van der Waals surface area contributed by atoms with Crippen LogP contribution in [0.2, 0.25) is 0 Å². The standard InChI is InChI=1S/C32H42N4O8S/c1-20(34-11-12-42-13-14-43-18-28(39)35-30(45)29(33)40)5-3-4-10-31(19-37)21(2)32(44-31)26-8-6-24(36-41)16-22(26)15-23-17-25(38)7-9-27(23)32/h3-4,6-9,16-17,19-22,26,30,34,38,45H,5,10-15,18H2,1-2H3,(H2,33,40)(H,35,39)/b4-3-. The number of nitrogens with one attached hydrogen (secondary N) is 2. The minimum Gasteiger partial charge on any atom is -0.508 e. The maximum Gasteiger partial charge on any atom is 0.250 e. The van der Waals surface area contributed by atoms with E-state index in [4.69, 9.17) is 19.9 Å². The van der Waals surface area contributed by atoms with E-state index in [-0.39, 0.29) is 42.8 Å². The fourth-order valence-electron chi connectivity index (χ4n) is 6.51. The largest absolute Gasteiger partial charge is 0.508 e. The number of hydrogen-bond donors (Lipinski definition) is 5. The highest BCUT2D eigenvalue weighted by atomic mass is 32.1. The lowest BCUT2D eigenvalue weighted by molar-refractivity contribution is -0.327. The fourth-order valence-corrected chi connectivity index (χ4v) is 6.65. The molecule has 7 atom stereocenters. The van der Waals surface area contributed by atoms with Gasteiger partial charge in [-0.3, -0.25) is 9.59 Å². The molecule has 0 saturated carbocycles. The van der Waals surface area contributed by atoms with E-state index in [9.17, 15) is 24.4 Å². The summed E-state index contributed by atoms with van der Waals surface area (Å²) in [6.45, 7) is 5.49. The van der Waals surface area contributed by atoms with Crippen LogP contribution in [0.4, 0.5) is 0 Å². The molecule has 1 fully saturated rings. The number of thiol groups is 1. The zero-order chi connectivity index (χ0) is 32.6. The smallest absolute Gasteiger partial charge is 0.250 e. The monoisotopic (exact) mass is 642 g/mol. The summed E-state index contributed by atoms with van der Waals surface area (Å²) in [7, 11) is 0. The predicted octanol–water partition coefficient (Wildman–Crippen LogP) is 2.41. The number of hydrogen-bond acceptors (Lipinski definition) is 11. The molecule has 0 radical (unpaired) electrons. The van der Waals surface area contributed by atoms with Crippen molar-refractivity contribution < 1.29 is 33.7 Å². The number of nitrogens with zero attached hydrogens (tertiary/aromatic N) is 1. The normalized spacial score (nSPS) is 28.0. The van der Waals surface area contributed by atoms with E-state index in [1.807, 2.05) is 37.3 Å². The number of phenols is 1. The molecule has 4 rings (SSSR count). The van der Waals surface area contributed by atoms with Crippen LogP contribution < -0.4 is 16.4 Å². The third kappa shape index (κ3) is 7.72. The number of amides is 2. The van der Waals surface area contributed by atoms with Crippen LogP contribution in [0.1, 0.15) is 37.8 Å². The maximum atomic E-state index is 12.5. The number of aldehydes is 1. The van der Waals surface area contributed by atoms with Crippen molar-refractivity contribution >= 4 is 30.7 Å². The first kappa shape index (κ1) is 34.5. The quantitative estimate of drug-likeness (QED) is 0.0426. The Bertz CT molecular complexity index is 1350. The molecule has 1 aliphatic heterocycles. The number of phenolic OH excluding ortho intramolecular Hbond substituents is 1. The second-order valence-corrected chi connectivity index (χ2v) is 12.3. The summed E-state index contributed by atoms with van der Waals surface area (Å²) in [6, 6.07) is 5.45. The van der Waals surface area contributed by atoms with Gasteiger partial charge in [-0.15, -0.1) is 17.5 Å². The van der Waals surface area contributed by atoms with Gasteiger partial charge < -0.3 is 40.5 Å². The topological polar surface area (TPSA) is 179 Å². The number of benzene rings is 1. The van der Waals surface area contributed by atoms with Crippen molar-refractivity contribution in [1.29, 1.82) is 0 Å². The van der Waals surface area contributed by atoms with Gasteiger partial charge in [0.1, 0.15) is 29.3 Å². The summed E-state index contributed by atoms with van der Waals surface area (Å²) in [4.78, 5) is 46.2. The molecule has 1 aromatic rings. The number of carbonyl (C=O) groups is 3. The molecule has 1 aromatic carbocycles. The highest BCUT2D eigenvalue weighted by molar-refractivity contribution is 7.81. The molecule has 2 aliphatic carbocycles. The molecule has 244 valence electrons. The van der Waals surface area contributed by atoms with Crippen molar-refractivity contribution in [2.45, 2.75) is 55.7 Å². The number of allylic oxidation sites excluding steroid dienone is 2. The average Bonchev–Trinajstić information content (AvgIpc) is 3.02. The zero-order valence-corrected chi connectivity index (χ0v) is 26.4. The van der Waals surface area contributed by atoms with Crippen LogP contribution >= 0.6 is 12.6 Å². The van der Waals surface area contributed by atoms with Gasteiger partial charge in [0.15, 0.2) is 11.7 Å². The number of nitroso groups, excluding NO2 is 1. The maximum absolute atomic E-state index is 12.5. The van der Waals surface area contributed by atoms with Crippen molar-refractivity contribution in [3.63, 3.8) is 0 Å². The third-order valence-corrected chi connectivity index (χ3v) is 9.21. The average molecular weight is 643 g/mol. The van der Waals surface area contributed by atoms with E-state index in [1.54, 1.807) is 18.2 Å². The van der Waals surface area contributed by atoms with Crippen LogP contribution in [0, 0.1) is 22.7 Å². The minimum atomic E-state index is -1.05. The highest BCUT2D eigenvalue weighted by Crippen LogP contribution is 2.63. The summed E-state index contributed by atoms with van der Waals surface area (Å²) in [5.41, 5.74) is 5.58. The summed E-state index contributed by atoms with van der Waals surface area (Å²) in [5.74, 6) is -1.34. The van der Waals surface area contributed by atoms with Gasteiger partial charge in [-0.25, -0.2) is 0 Å². The molecule has 45 heavy (non-hydrogen) atoms. The molecular formula is C32H42N4O8S. The van der Waals surface area contributed by atoms with Crippen molar-refractivity contribution in [3.05, 3.63) is 70.3 Å². The Hall–Kier alpha value is -3.36. The number of nitrogens with two attached hydrogens (primary N) is 1. The van der Waals surface area contributed by atoms with Gasteiger partial charge in [-0.05, 0) is 60.2 Å². The van der Waals surface area contributed by atoms with E-state index in [2.05, 4.69) is 35.4 Å². The SMILES string of the molecule is CC(C/C=C\CC1(C=O)OC2(c3ccc(O)cc3CC3C=C(N=O)C=CC32)C1C)NCCOCCOCC(=O)NC(S)C(N)=O. The van der Waals surface area contributed by atoms with E-state index in [0.717, 1.165) is 23.8 Å². The molecule has 1 spiro atoms. The Balaban J connectivity index is 1.21. The molecule has 13 heteroatoms. The van der Waals surface area contributed by atoms with Gasteiger partial charge in [0, 0.05) is 30.8 Å². The molecule has 1 heterocycles. The Kier molecular flexibility index (Phi) is 11.7. The minimum absolute atomic E-state index is 0.0368. The molecule has 2 amide bonds. The second kappa shape index (κ2) is 15.3. The molecule has 0 aromatic heterocycles. The van der Waals surface area contributed by atoms with Crippen LogP contribution in [-0.4, -0.2) is 73.2 Å². The fraction of sp³-hybridized carbons (Fsp3) is 0.531. The van der Waals surface area contributed by atoms with Crippen molar-refractivity contribution in [2.75, 3.05) is 33.0 Å². The number of ether oxygens (including phenoxy) is 3. The van der Waals surface area contributed by atoms with Gasteiger partial charge in [0.2, 0.25) is 11.8 Å². The molecule has 7 unspecified atom stereocenters. The molecule has 0 bridgehead atoms. The Morgan fingerprint density at radius 2 is 2.04 bits per heavy atom. The first-order chi connectivity index (χ1) is 21.6. The lowest BCUT2D eigenvalue weighted by Gasteiger charge is -2.65.